The topological polar surface area (TPSA) is 184 Å². The van der Waals surface area contributed by atoms with Crippen LogP contribution in [0.3, 0.4) is 0 Å². The van der Waals surface area contributed by atoms with Crippen LogP contribution in [0.2, 0.25) is 0 Å². The number of pyridine rings is 1. The van der Waals surface area contributed by atoms with Gasteiger partial charge in [0.05, 0.1) is 36.1 Å². The van der Waals surface area contributed by atoms with Gasteiger partial charge in [-0.1, -0.05) is 67.6 Å². The highest BCUT2D eigenvalue weighted by Gasteiger charge is 2.45. The number of aryl methyl sites for hydroxylation is 1. The summed E-state index contributed by atoms with van der Waals surface area (Å²) >= 11 is 0. The molecule has 1 aliphatic carbocycles. The van der Waals surface area contributed by atoms with E-state index >= 15 is 0 Å². The first-order valence-electron chi connectivity index (χ1n) is 18.0. The number of anilines is 3. The van der Waals surface area contributed by atoms with Crippen LogP contribution in [0.25, 0.3) is 11.2 Å². The Labute approximate surface area is 318 Å². The molecule has 0 bridgehead atoms. The number of carbonyl (C=O) groups excluding carboxylic acids is 1. The van der Waals surface area contributed by atoms with Crippen molar-refractivity contribution in [3.8, 4) is 0 Å². The first-order chi connectivity index (χ1) is 25.9. The quantitative estimate of drug-likeness (QED) is 0.127. The molecule has 8 rings (SSSR count). The summed E-state index contributed by atoms with van der Waals surface area (Å²) in [7, 11) is 0. The molecule has 1 unspecified atom stereocenters. The lowest BCUT2D eigenvalue weighted by molar-refractivity contribution is 0.00497. The SMILES string of the molecule is CCc1cnn([C@H]2C[C@@H](n3cnc4c(NCC(c5ccccc5)c5ccccc5)nc(N5CCC(NC(=O)Nc6cccnc6)C5)nc43)[C@H](O)[C@@H]2O)n1.Cl. The number of halogens is 1. The van der Waals surface area contributed by atoms with Gasteiger partial charge in [0.1, 0.15) is 18.2 Å². The van der Waals surface area contributed by atoms with Gasteiger partial charge in [-0.15, -0.1) is 12.4 Å². The second-order valence-electron chi connectivity index (χ2n) is 13.6. The Bertz CT molecular complexity index is 2110. The lowest BCUT2D eigenvalue weighted by atomic mass is 9.91. The Kier molecular flexibility index (Phi) is 11.0. The van der Waals surface area contributed by atoms with E-state index in [-0.39, 0.29) is 30.4 Å². The molecular weight excluding hydrogens is 708 g/mol. The van der Waals surface area contributed by atoms with E-state index in [2.05, 4.69) is 55.4 Å². The highest BCUT2D eigenvalue weighted by atomic mass is 35.5. The number of fused-ring (bicyclic) bond motifs is 1. The van der Waals surface area contributed by atoms with Crippen molar-refractivity contribution in [2.45, 2.75) is 62.4 Å². The van der Waals surface area contributed by atoms with E-state index in [0.717, 1.165) is 16.8 Å². The van der Waals surface area contributed by atoms with Gasteiger partial charge in [-0.3, -0.25) is 4.98 Å². The van der Waals surface area contributed by atoms with Gasteiger partial charge in [0, 0.05) is 37.8 Å². The summed E-state index contributed by atoms with van der Waals surface area (Å²) in [6.07, 6.45) is 6.19. The minimum Gasteiger partial charge on any atom is -0.388 e. The van der Waals surface area contributed by atoms with Crippen LogP contribution in [0.1, 0.15) is 54.6 Å². The van der Waals surface area contributed by atoms with Crippen molar-refractivity contribution in [3.63, 3.8) is 0 Å². The molecule has 0 spiro atoms. The predicted octanol–water partition coefficient (Wildman–Crippen LogP) is 4.35. The zero-order valence-electron chi connectivity index (χ0n) is 29.7. The molecule has 2 amide bonds. The van der Waals surface area contributed by atoms with Crippen LogP contribution in [-0.2, 0) is 6.42 Å². The Morgan fingerprint density at radius 2 is 1.69 bits per heavy atom. The summed E-state index contributed by atoms with van der Waals surface area (Å²) in [6, 6.07) is 22.7. The van der Waals surface area contributed by atoms with Gasteiger partial charge in [-0.25, -0.2) is 9.78 Å². The molecule has 6 aromatic rings. The molecule has 5 atom stereocenters. The molecule has 2 fully saturated rings. The van der Waals surface area contributed by atoms with E-state index in [9.17, 15) is 15.0 Å². The Morgan fingerprint density at radius 1 is 0.944 bits per heavy atom. The van der Waals surface area contributed by atoms with Gasteiger partial charge >= 0.3 is 6.03 Å². The fourth-order valence-corrected chi connectivity index (χ4v) is 7.38. The minimum absolute atomic E-state index is 0. The van der Waals surface area contributed by atoms with Crippen LogP contribution in [0.5, 0.6) is 0 Å². The molecule has 15 nitrogen and oxygen atoms in total. The summed E-state index contributed by atoms with van der Waals surface area (Å²) < 4.78 is 1.84. The van der Waals surface area contributed by atoms with Crippen molar-refractivity contribution in [1.82, 2.24) is 44.8 Å². The summed E-state index contributed by atoms with van der Waals surface area (Å²) in [6.45, 7) is 3.64. The molecule has 2 aromatic carbocycles. The van der Waals surface area contributed by atoms with Gasteiger partial charge in [0.25, 0.3) is 0 Å². The third kappa shape index (κ3) is 7.56. The number of aliphatic hydroxyl groups is 2. The second-order valence-corrected chi connectivity index (χ2v) is 13.6. The molecule has 2 aliphatic rings. The van der Waals surface area contributed by atoms with Crippen LogP contribution in [-0.4, -0.2) is 93.6 Å². The third-order valence-corrected chi connectivity index (χ3v) is 10.2. The van der Waals surface area contributed by atoms with E-state index in [4.69, 9.17) is 15.0 Å². The molecule has 1 saturated heterocycles. The molecule has 1 aliphatic heterocycles. The summed E-state index contributed by atoms with van der Waals surface area (Å²) in [5.74, 6) is 1.05. The number of nitrogens with one attached hydrogen (secondary N) is 3. The number of imidazole rings is 1. The number of amides is 2. The molecular formula is C38H43ClN12O3. The number of urea groups is 1. The van der Waals surface area contributed by atoms with Gasteiger partial charge in [0.2, 0.25) is 5.95 Å². The van der Waals surface area contributed by atoms with E-state index in [1.165, 1.54) is 4.80 Å². The maximum atomic E-state index is 12.8. The normalized spacial score (nSPS) is 21.0. The first kappa shape index (κ1) is 36.7. The monoisotopic (exact) mass is 750 g/mol. The number of hydrogen-bond acceptors (Lipinski definition) is 11. The van der Waals surface area contributed by atoms with Crippen molar-refractivity contribution in [3.05, 3.63) is 115 Å². The van der Waals surface area contributed by atoms with Gasteiger partial charge in [0.15, 0.2) is 17.0 Å². The van der Waals surface area contributed by atoms with Crippen molar-refractivity contribution in [1.29, 1.82) is 0 Å². The molecule has 16 heteroatoms. The number of nitrogens with zero attached hydrogens (tertiary/aromatic N) is 9. The number of aliphatic hydroxyl groups excluding tert-OH is 2. The van der Waals surface area contributed by atoms with E-state index in [0.29, 0.717) is 67.5 Å². The zero-order chi connectivity index (χ0) is 36.3. The molecule has 1 saturated carbocycles. The Balaban J connectivity index is 0.00000450. The molecule has 5 N–H and O–H groups in total. The van der Waals surface area contributed by atoms with Crippen LogP contribution in [0.15, 0.2) is 97.7 Å². The fraction of sp³-hybridized carbons (Fsp3) is 0.342. The molecule has 0 radical (unpaired) electrons. The maximum absolute atomic E-state index is 12.8. The second kappa shape index (κ2) is 16.2. The van der Waals surface area contributed by atoms with E-state index in [1.54, 1.807) is 37.1 Å². The Hall–Kier alpha value is -5.64. The number of rotatable bonds is 11. The van der Waals surface area contributed by atoms with Gasteiger partial charge in [-0.05, 0) is 42.5 Å². The number of carbonyl (C=O) groups is 1. The molecule has 4 aromatic heterocycles. The predicted molar refractivity (Wildman–Crippen MR) is 207 cm³/mol. The highest BCUT2D eigenvalue weighted by molar-refractivity contribution is 5.89. The summed E-state index contributed by atoms with van der Waals surface area (Å²) in [5, 5.41) is 41.0. The third-order valence-electron chi connectivity index (χ3n) is 10.2. The number of aromatic nitrogens is 8. The van der Waals surface area contributed by atoms with Crippen LogP contribution < -0.4 is 20.9 Å². The van der Waals surface area contributed by atoms with Crippen molar-refractivity contribution >= 4 is 47.1 Å². The standard InChI is InChI=1S/C38H42N12O3.ClH/c1-2-26-20-42-50(47-26)31-18-30(33(51)34(31)52)49-23-41-32-35(40-21-29(24-10-5-3-6-11-24)25-12-7-4-8-13-25)45-37(46-36(32)49)48-17-15-28(22-48)44-38(53)43-27-14-9-16-39-19-27;/h3-14,16,19-20,23,28-31,33-34,51-52H,2,15,17-18,21-22H2,1H3,(H,40,45,46)(H2,43,44,53);1H/t28?,30-,31+,33+,34-;/m1./s1. The largest absolute Gasteiger partial charge is 0.388 e. The van der Waals surface area contributed by atoms with Crippen molar-refractivity contribution in [2.24, 2.45) is 0 Å². The molecule has 5 heterocycles. The van der Waals surface area contributed by atoms with E-state index in [1.807, 2.05) is 52.8 Å². The average Bonchev–Trinajstić information content (AvgIpc) is 4.00. The zero-order valence-corrected chi connectivity index (χ0v) is 30.5. The fourth-order valence-electron chi connectivity index (χ4n) is 7.38. The minimum atomic E-state index is -1.11. The average molecular weight is 751 g/mol. The van der Waals surface area contributed by atoms with E-state index < -0.39 is 24.3 Å². The van der Waals surface area contributed by atoms with Gasteiger partial charge in [-0.2, -0.15) is 25.0 Å². The first-order valence-corrected chi connectivity index (χ1v) is 18.0. The summed E-state index contributed by atoms with van der Waals surface area (Å²) in [4.78, 5) is 35.3. The van der Waals surface area contributed by atoms with Gasteiger partial charge < -0.3 is 35.6 Å². The van der Waals surface area contributed by atoms with Crippen molar-refractivity contribution in [2.75, 3.05) is 35.2 Å². The smallest absolute Gasteiger partial charge is 0.319 e. The van der Waals surface area contributed by atoms with Crippen LogP contribution in [0.4, 0.5) is 22.2 Å². The lowest BCUT2D eigenvalue weighted by Gasteiger charge is -2.22. The highest BCUT2D eigenvalue weighted by Crippen LogP contribution is 2.40. The lowest BCUT2D eigenvalue weighted by Crippen LogP contribution is -2.40. The number of hydrogen-bond donors (Lipinski definition) is 5. The van der Waals surface area contributed by atoms with Crippen LogP contribution in [0, 0.1) is 0 Å². The van der Waals surface area contributed by atoms with Crippen molar-refractivity contribution < 1.29 is 15.0 Å². The summed E-state index contributed by atoms with van der Waals surface area (Å²) in [5.41, 5.74) is 4.82. The Morgan fingerprint density at radius 3 is 2.37 bits per heavy atom. The van der Waals surface area contributed by atoms with Crippen LogP contribution >= 0.6 is 12.4 Å². The molecule has 54 heavy (non-hydrogen) atoms. The maximum Gasteiger partial charge on any atom is 0.319 e. The molecule has 280 valence electrons. The number of benzene rings is 2.